The number of rotatable bonds is 4. The summed E-state index contributed by atoms with van der Waals surface area (Å²) < 4.78 is 1.72. The van der Waals surface area contributed by atoms with Crippen molar-refractivity contribution in [3.8, 4) is 11.3 Å². The highest BCUT2D eigenvalue weighted by Crippen LogP contribution is 2.30. The van der Waals surface area contributed by atoms with Crippen LogP contribution in [-0.2, 0) is 11.3 Å². The molecule has 2 aromatic carbocycles. The van der Waals surface area contributed by atoms with E-state index >= 15 is 0 Å². The molecule has 0 bridgehead atoms. The van der Waals surface area contributed by atoms with E-state index in [-0.39, 0.29) is 17.9 Å². The van der Waals surface area contributed by atoms with Crippen LogP contribution in [0.2, 0.25) is 5.02 Å². The number of pyridine rings is 1. The van der Waals surface area contributed by atoms with Crippen LogP contribution >= 0.6 is 22.9 Å². The number of benzene rings is 2. The van der Waals surface area contributed by atoms with Crippen molar-refractivity contribution >= 4 is 44.9 Å². The van der Waals surface area contributed by atoms with E-state index in [2.05, 4.69) is 10.3 Å². The quantitative estimate of drug-likeness (QED) is 0.530. The van der Waals surface area contributed by atoms with Crippen LogP contribution in [0.4, 0.5) is 5.13 Å². The molecule has 0 radical (unpaired) electrons. The fourth-order valence-corrected chi connectivity index (χ4v) is 4.07. The summed E-state index contributed by atoms with van der Waals surface area (Å²) in [7, 11) is 0. The number of nitrogens with zero attached hydrogens (tertiary/aromatic N) is 2. The molecule has 0 fully saturated rings. The molecule has 0 atom stereocenters. The fourth-order valence-electron chi connectivity index (χ4n) is 3.05. The molecule has 0 aliphatic carbocycles. The summed E-state index contributed by atoms with van der Waals surface area (Å²) in [5, 5.41) is 4.38. The normalized spacial score (nSPS) is 10.9. The smallest absolute Gasteiger partial charge is 0.246 e. The average molecular weight is 410 g/mol. The number of halogens is 1. The Morgan fingerprint density at radius 1 is 1.18 bits per heavy atom. The molecule has 0 aliphatic heterocycles. The largest absolute Gasteiger partial charge is 0.338 e. The van der Waals surface area contributed by atoms with Gasteiger partial charge in [-0.05, 0) is 25.1 Å². The standard InChI is InChI=1S/C21H16ClN3O2S/c1-13-20(14-5-3-2-4-6-14)24-21(28-13)23-19(27)12-25-10-9-18(26)16-11-15(22)7-8-17(16)25/h2-11H,12H2,1H3,(H,23,24,27). The van der Waals surface area contributed by atoms with Gasteiger partial charge in [-0.15, -0.1) is 11.3 Å². The number of anilines is 1. The van der Waals surface area contributed by atoms with E-state index in [1.165, 1.54) is 17.4 Å². The molecule has 0 saturated carbocycles. The monoisotopic (exact) mass is 409 g/mol. The zero-order valence-corrected chi connectivity index (χ0v) is 16.6. The van der Waals surface area contributed by atoms with Gasteiger partial charge in [0.15, 0.2) is 10.6 Å². The summed E-state index contributed by atoms with van der Waals surface area (Å²) in [6, 6.07) is 16.4. The molecule has 4 rings (SSSR count). The first-order valence-corrected chi connectivity index (χ1v) is 9.82. The number of hydrogen-bond acceptors (Lipinski definition) is 4. The van der Waals surface area contributed by atoms with Crippen molar-refractivity contribution in [3.05, 3.63) is 80.9 Å². The van der Waals surface area contributed by atoms with Crippen molar-refractivity contribution in [3.63, 3.8) is 0 Å². The first-order chi connectivity index (χ1) is 13.5. The van der Waals surface area contributed by atoms with E-state index in [9.17, 15) is 9.59 Å². The first-order valence-electron chi connectivity index (χ1n) is 8.63. The molecule has 140 valence electrons. The number of aryl methyl sites for hydroxylation is 1. The van der Waals surface area contributed by atoms with Crippen LogP contribution in [0.5, 0.6) is 0 Å². The van der Waals surface area contributed by atoms with Crippen LogP contribution < -0.4 is 10.7 Å². The lowest BCUT2D eigenvalue weighted by Gasteiger charge is -2.10. The third kappa shape index (κ3) is 3.69. The van der Waals surface area contributed by atoms with Crippen LogP contribution in [-0.4, -0.2) is 15.5 Å². The van der Waals surface area contributed by atoms with Gasteiger partial charge < -0.3 is 9.88 Å². The van der Waals surface area contributed by atoms with Crippen molar-refractivity contribution in [2.24, 2.45) is 0 Å². The van der Waals surface area contributed by atoms with Gasteiger partial charge in [-0.2, -0.15) is 0 Å². The number of hydrogen-bond donors (Lipinski definition) is 1. The fraction of sp³-hybridized carbons (Fsp3) is 0.0952. The zero-order chi connectivity index (χ0) is 19.7. The van der Waals surface area contributed by atoms with E-state index in [1.807, 2.05) is 37.3 Å². The highest BCUT2D eigenvalue weighted by Gasteiger charge is 2.13. The molecule has 1 amide bonds. The molecular formula is C21H16ClN3O2S. The molecule has 1 N–H and O–H groups in total. The number of carbonyl (C=O) groups is 1. The maximum atomic E-state index is 12.6. The number of aromatic nitrogens is 2. The number of nitrogens with one attached hydrogen (secondary N) is 1. The lowest BCUT2D eigenvalue weighted by Crippen LogP contribution is -2.20. The van der Waals surface area contributed by atoms with Crippen molar-refractivity contribution in [2.45, 2.75) is 13.5 Å². The number of carbonyl (C=O) groups excluding carboxylic acids is 1. The minimum absolute atomic E-state index is 0.0672. The maximum absolute atomic E-state index is 12.6. The zero-order valence-electron chi connectivity index (χ0n) is 15.0. The van der Waals surface area contributed by atoms with E-state index in [0.717, 1.165) is 16.1 Å². The summed E-state index contributed by atoms with van der Waals surface area (Å²) in [5.74, 6) is -0.215. The minimum Gasteiger partial charge on any atom is -0.338 e. The van der Waals surface area contributed by atoms with Crippen LogP contribution in [0.1, 0.15) is 4.88 Å². The lowest BCUT2D eigenvalue weighted by atomic mass is 10.1. The lowest BCUT2D eigenvalue weighted by molar-refractivity contribution is -0.116. The van der Waals surface area contributed by atoms with Gasteiger partial charge in [0.05, 0.1) is 11.2 Å². The Morgan fingerprint density at radius 2 is 1.96 bits per heavy atom. The Bertz CT molecular complexity index is 1230. The van der Waals surface area contributed by atoms with Crippen LogP contribution in [0.25, 0.3) is 22.2 Å². The van der Waals surface area contributed by atoms with Crippen LogP contribution in [0, 0.1) is 6.92 Å². The highest BCUT2D eigenvalue weighted by atomic mass is 35.5. The second-order valence-electron chi connectivity index (χ2n) is 6.31. The van der Waals surface area contributed by atoms with Gasteiger partial charge in [0.1, 0.15) is 6.54 Å². The van der Waals surface area contributed by atoms with E-state index < -0.39 is 0 Å². The molecule has 0 aliphatic rings. The van der Waals surface area contributed by atoms with Crippen LogP contribution in [0.15, 0.2) is 65.6 Å². The Balaban J connectivity index is 1.57. The van der Waals surface area contributed by atoms with Crippen molar-refractivity contribution < 1.29 is 4.79 Å². The molecule has 0 spiro atoms. The van der Waals surface area contributed by atoms with Crippen LogP contribution in [0.3, 0.4) is 0 Å². The Morgan fingerprint density at radius 3 is 2.75 bits per heavy atom. The predicted molar refractivity (Wildman–Crippen MR) is 114 cm³/mol. The van der Waals surface area contributed by atoms with Crippen molar-refractivity contribution in [2.75, 3.05) is 5.32 Å². The van der Waals surface area contributed by atoms with Gasteiger partial charge in [-0.25, -0.2) is 4.98 Å². The molecule has 28 heavy (non-hydrogen) atoms. The van der Waals surface area contributed by atoms with Gasteiger partial charge in [0, 0.05) is 33.1 Å². The van der Waals surface area contributed by atoms with Gasteiger partial charge in [-0.1, -0.05) is 41.9 Å². The molecule has 2 aromatic heterocycles. The Kier molecular flexibility index (Phi) is 4.98. The number of fused-ring (bicyclic) bond motifs is 1. The van der Waals surface area contributed by atoms with E-state index in [0.29, 0.717) is 21.1 Å². The van der Waals surface area contributed by atoms with Crippen molar-refractivity contribution in [1.29, 1.82) is 0 Å². The molecule has 7 heteroatoms. The van der Waals surface area contributed by atoms with Gasteiger partial charge in [0.2, 0.25) is 5.91 Å². The molecule has 0 saturated heterocycles. The summed E-state index contributed by atoms with van der Waals surface area (Å²) >= 11 is 7.43. The Labute approximate surface area is 170 Å². The maximum Gasteiger partial charge on any atom is 0.246 e. The van der Waals surface area contributed by atoms with E-state index in [1.54, 1.807) is 29.0 Å². The molecule has 4 aromatic rings. The SMILES string of the molecule is Cc1sc(NC(=O)Cn2ccc(=O)c3cc(Cl)ccc32)nc1-c1ccccc1. The summed E-state index contributed by atoms with van der Waals surface area (Å²) in [6.45, 7) is 2.05. The van der Waals surface area contributed by atoms with Crippen molar-refractivity contribution in [1.82, 2.24) is 9.55 Å². The minimum atomic E-state index is -0.215. The second-order valence-corrected chi connectivity index (χ2v) is 7.95. The molecular weight excluding hydrogens is 394 g/mol. The average Bonchev–Trinajstić information content (AvgIpc) is 3.05. The summed E-state index contributed by atoms with van der Waals surface area (Å²) in [5.41, 5.74) is 2.41. The number of thiazole rings is 1. The topological polar surface area (TPSA) is 64.0 Å². The van der Waals surface area contributed by atoms with Gasteiger partial charge in [-0.3, -0.25) is 9.59 Å². The number of amides is 1. The predicted octanol–water partition coefficient (Wildman–Crippen LogP) is 4.73. The Hall–Kier alpha value is -2.96. The summed E-state index contributed by atoms with van der Waals surface area (Å²) in [6.07, 6.45) is 1.61. The van der Waals surface area contributed by atoms with Gasteiger partial charge in [0.25, 0.3) is 0 Å². The second kappa shape index (κ2) is 7.58. The summed E-state index contributed by atoms with van der Waals surface area (Å²) in [4.78, 5) is 30.2. The molecule has 5 nitrogen and oxygen atoms in total. The van der Waals surface area contributed by atoms with E-state index in [4.69, 9.17) is 11.6 Å². The van der Waals surface area contributed by atoms with Gasteiger partial charge >= 0.3 is 0 Å². The highest BCUT2D eigenvalue weighted by molar-refractivity contribution is 7.16. The third-order valence-electron chi connectivity index (χ3n) is 4.34. The first kappa shape index (κ1) is 18.4. The molecule has 2 heterocycles. The molecule has 0 unspecified atom stereocenters. The third-order valence-corrected chi connectivity index (χ3v) is 5.46.